The van der Waals surface area contributed by atoms with Gasteiger partial charge in [0.2, 0.25) is 5.95 Å². The number of aromatic nitrogens is 4. The molecule has 136 valence electrons. The van der Waals surface area contributed by atoms with Crippen LogP contribution < -0.4 is 14.8 Å². The van der Waals surface area contributed by atoms with Crippen LogP contribution in [0.1, 0.15) is 11.1 Å². The van der Waals surface area contributed by atoms with Crippen molar-refractivity contribution >= 4 is 33.5 Å². The number of methoxy groups -OCH3 is 1. The Balaban J connectivity index is 1.73. The molecule has 0 aliphatic rings. The van der Waals surface area contributed by atoms with Crippen LogP contribution in [0.15, 0.2) is 40.9 Å². The Morgan fingerprint density at radius 3 is 2.77 bits per heavy atom. The van der Waals surface area contributed by atoms with Crippen LogP contribution in [0.5, 0.6) is 11.5 Å². The fourth-order valence-corrected chi connectivity index (χ4v) is 3.17. The summed E-state index contributed by atoms with van der Waals surface area (Å²) < 4.78 is 13.8. The minimum Gasteiger partial charge on any atom is -0.493 e. The third-order valence-electron chi connectivity index (χ3n) is 3.63. The molecule has 0 amide bonds. The Bertz CT molecular complexity index is 903. The lowest BCUT2D eigenvalue weighted by atomic mass is 10.2. The van der Waals surface area contributed by atoms with E-state index >= 15 is 0 Å². The Labute approximate surface area is 164 Å². The largest absolute Gasteiger partial charge is 0.493 e. The summed E-state index contributed by atoms with van der Waals surface area (Å²) in [6.45, 7) is 0.926. The summed E-state index contributed by atoms with van der Waals surface area (Å²) in [6.07, 6.45) is 0. The van der Waals surface area contributed by atoms with E-state index in [1.165, 1.54) is 0 Å². The average Bonchev–Trinajstić information content (AvgIpc) is 3.03. The number of anilines is 1. The van der Waals surface area contributed by atoms with Gasteiger partial charge in [0.15, 0.2) is 11.5 Å². The number of nitrogens with zero attached hydrogens (tertiary/aromatic N) is 4. The van der Waals surface area contributed by atoms with E-state index in [0.29, 0.717) is 35.6 Å². The lowest BCUT2D eigenvalue weighted by Crippen LogP contribution is -2.06. The first-order chi connectivity index (χ1) is 12.6. The first-order valence-electron chi connectivity index (χ1n) is 7.76. The number of ether oxygens (including phenoxy) is 2. The molecule has 7 nitrogen and oxygen atoms in total. The summed E-state index contributed by atoms with van der Waals surface area (Å²) in [4.78, 5) is 0. The van der Waals surface area contributed by atoms with E-state index in [9.17, 15) is 0 Å². The van der Waals surface area contributed by atoms with Crippen LogP contribution in [0.25, 0.3) is 0 Å². The fourth-order valence-electron chi connectivity index (χ4n) is 2.36. The summed E-state index contributed by atoms with van der Waals surface area (Å²) in [7, 11) is 3.38. The maximum absolute atomic E-state index is 6.01. The van der Waals surface area contributed by atoms with Crippen LogP contribution in [-0.2, 0) is 20.2 Å². The molecular formula is C17H17BrClN5O2. The maximum Gasteiger partial charge on any atom is 0.242 e. The molecular weight excluding hydrogens is 422 g/mol. The first-order valence-corrected chi connectivity index (χ1v) is 8.94. The van der Waals surface area contributed by atoms with Gasteiger partial charge in [-0.2, -0.15) is 0 Å². The van der Waals surface area contributed by atoms with Crippen molar-refractivity contribution in [2.75, 3.05) is 12.4 Å². The third-order valence-corrected chi connectivity index (χ3v) is 4.46. The Hall–Kier alpha value is -2.32. The monoisotopic (exact) mass is 437 g/mol. The van der Waals surface area contributed by atoms with Crippen LogP contribution in [0.2, 0.25) is 5.02 Å². The zero-order valence-corrected chi connectivity index (χ0v) is 16.6. The van der Waals surface area contributed by atoms with Crippen LogP contribution in [0, 0.1) is 0 Å². The second kappa shape index (κ2) is 8.37. The number of aryl methyl sites for hydroxylation is 1. The van der Waals surface area contributed by atoms with E-state index in [1.54, 1.807) is 18.8 Å². The van der Waals surface area contributed by atoms with Crippen molar-refractivity contribution in [3.8, 4) is 11.5 Å². The normalized spacial score (nSPS) is 10.6. The molecule has 1 N–H and O–H groups in total. The van der Waals surface area contributed by atoms with Gasteiger partial charge in [0.25, 0.3) is 0 Å². The highest BCUT2D eigenvalue weighted by Gasteiger charge is 2.13. The fraction of sp³-hybridized carbons (Fsp3) is 0.235. The van der Waals surface area contributed by atoms with Crippen LogP contribution in [-0.4, -0.2) is 27.3 Å². The minimum atomic E-state index is 0.387. The number of hydrogen-bond donors (Lipinski definition) is 1. The molecule has 0 aliphatic heterocycles. The van der Waals surface area contributed by atoms with Gasteiger partial charge in [0.1, 0.15) is 6.61 Å². The van der Waals surface area contributed by atoms with Crippen molar-refractivity contribution in [1.29, 1.82) is 0 Å². The number of rotatable bonds is 7. The molecule has 0 fully saturated rings. The van der Waals surface area contributed by atoms with E-state index in [2.05, 4.69) is 36.8 Å². The summed E-state index contributed by atoms with van der Waals surface area (Å²) in [5.74, 6) is 1.85. The van der Waals surface area contributed by atoms with Gasteiger partial charge < -0.3 is 14.8 Å². The van der Waals surface area contributed by atoms with Gasteiger partial charge in [-0.25, -0.2) is 4.68 Å². The van der Waals surface area contributed by atoms with E-state index in [1.807, 2.05) is 36.4 Å². The molecule has 0 saturated carbocycles. The van der Waals surface area contributed by atoms with Crippen LogP contribution in [0.4, 0.5) is 5.95 Å². The molecule has 0 atom stereocenters. The van der Waals surface area contributed by atoms with Crippen LogP contribution >= 0.6 is 27.5 Å². The summed E-state index contributed by atoms with van der Waals surface area (Å²) >= 11 is 9.57. The SMILES string of the molecule is COc1cc(CNc2nnnn2C)cc(Br)c1OCc1cccc(Cl)c1. The van der Waals surface area contributed by atoms with Crippen LogP contribution in [0.3, 0.4) is 0 Å². The molecule has 9 heteroatoms. The van der Waals surface area contributed by atoms with Crippen molar-refractivity contribution in [2.24, 2.45) is 7.05 Å². The number of halogens is 2. The second-order valence-electron chi connectivity index (χ2n) is 5.51. The summed E-state index contributed by atoms with van der Waals surface area (Å²) in [5, 5.41) is 15.1. The molecule has 0 spiro atoms. The van der Waals surface area contributed by atoms with Gasteiger partial charge in [0.05, 0.1) is 11.6 Å². The predicted molar refractivity (Wildman–Crippen MR) is 103 cm³/mol. The van der Waals surface area contributed by atoms with Gasteiger partial charge in [0, 0.05) is 18.6 Å². The van der Waals surface area contributed by atoms with Crippen molar-refractivity contribution in [3.63, 3.8) is 0 Å². The van der Waals surface area contributed by atoms with Gasteiger partial charge in [-0.15, -0.1) is 0 Å². The van der Waals surface area contributed by atoms with Gasteiger partial charge >= 0.3 is 0 Å². The van der Waals surface area contributed by atoms with E-state index < -0.39 is 0 Å². The van der Waals surface area contributed by atoms with E-state index in [-0.39, 0.29) is 0 Å². The lowest BCUT2D eigenvalue weighted by Gasteiger charge is -2.15. The Morgan fingerprint density at radius 2 is 2.08 bits per heavy atom. The zero-order chi connectivity index (χ0) is 18.5. The number of benzene rings is 2. The molecule has 1 heterocycles. The first kappa shape index (κ1) is 18.5. The van der Waals surface area contributed by atoms with E-state index in [0.717, 1.165) is 15.6 Å². The van der Waals surface area contributed by atoms with Gasteiger partial charge in [-0.05, 0) is 61.7 Å². The third kappa shape index (κ3) is 4.44. The quantitative estimate of drug-likeness (QED) is 0.604. The minimum absolute atomic E-state index is 0.387. The second-order valence-corrected chi connectivity index (χ2v) is 6.80. The van der Waals surface area contributed by atoms with Crippen molar-refractivity contribution in [2.45, 2.75) is 13.2 Å². The average molecular weight is 439 g/mol. The highest BCUT2D eigenvalue weighted by molar-refractivity contribution is 9.10. The molecule has 0 unspecified atom stereocenters. The zero-order valence-electron chi connectivity index (χ0n) is 14.2. The van der Waals surface area contributed by atoms with Crippen molar-refractivity contribution in [3.05, 3.63) is 57.0 Å². The molecule has 3 aromatic rings. The highest BCUT2D eigenvalue weighted by atomic mass is 79.9. The van der Waals surface area contributed by atoms with Gasteiger partial charge in [-0.1, -0.05) is 28.8 Å². The van der Waals surface area contributed by atoms with Crippen molar-refractivity contribution in [1.82, 2.24) is 20.2 Å². The number of nitrogens with one attached hydrogen (secondary N) is 1. The Kier molecular flexibility index (Phi) is 5.95. The van der Waals surface area contributed by atoms with Crippen molar-refractivity contribution < 1.29 is 9.47 Å². The molecule has 0 saturated heterocycles. The smallest absolute Gasteiger partial charge is 0.242 e. The molecule has 1 aromatic heterocycles. The molecule has 0 aliphatic carbocycles. The predicted octanol–water partition coefficient (Wildman–Crippen LogP) is 3.83. The number of hydrogen-bond acceptors (Lipinski definition) is 6. The molecule has 2 aromatic carbocycles. The molecule has 26 heavy (non-hydrogen) atoms. The summed E-state index contributed by atoms with van der Waals surface area (Å²) in [5.41, 5.74) is 1.97. The lowest BCUT2D eigenvalue weighted by molar-refractivity contribution is 0.282. The molecule has 0 radical (unpaired) electrons. The molecule has 0 bridgehead atoms. The maximum atomic E-state index is 6.01. The number of tetrazole rings is 1. The highest BCUT2D eigenvalue weighted by Crippen LogP contribution is 2.37. The molecule has 3 rings (SSSR count). The summed E-state index contributed by atoms with van der Waals surface area (Å²) in [6, 6.07) is 11.4. The van der Waals surface area contributed by atoms with E-state index in [4.69, 9.17) is 21.1 Å². The standard InChI is InChI=1S/C17H17BrClN5O2/c1-24-17(21-22-23-24)20-9-12-7-14(18)16(15(8-12)25-2)26-10-11-4-3-5-13(19)6-11/h3-8H,9-10H2,1-2H3,(H,20,21,23). The topological polar surface area (TPSA) is 74.1 Å². The Morgan fingerprint density at radius 1 is 1.23 bits per heavy atom. The van der Waals surface area contributed by atoms with Gasteiger partial charge in [-0.3, -0.25) is 0 Å².